The molecular formula is C14H9BrF4O. The lowest BCUT2D eigenvalue weighted by atomic mass is 10.0. The van der Waals surface area contributed by atoms with Gasteiger partial charge >= 0.3 is 0 Å². The Labute approximate surface area is 121 Å². The predicted molar refractivity (Wildman–Crippen MR) is 69.1 cm³/mol. The van der Waals surface area contributed by atoms with Crippen LogP contribution in [-0.2, 0) is 6.42 Å². The maximum atomic E-state index is 13.5. The van der Waals surface area contributed by atoms with Crippen molar-refractivity contribution in [2.45, 2.75) is 12.5 Å². The summed E-state index contributed by atoms with van der Waals surface area (Å²) >= 11 is 3.00. The Morgan fingerprint density at radius 1 is 1.00 bits per heavy atom. The van der Waals surface area contributed by atoms with E-state index in [1.54, 1.807) is 0 Å². The number of rotatable bonds is 3. The van der Waals surface area contributed by atoms with Crippen molar-refractivity contribution < 1.29 is 22.7 Å². The van der Waals surface area contributed by atoms with E-state index in [0.717, 1.165) is 0 Å². The Hall–Kier alpha value is -1.40. The van der Waals surface area contributed by atoms with Gasteiger partial charge in [-0.3, -0.25) is 0 Å². The predicted octanol–water partition coefficient (Wildman–Crippen LogP) is 4.28. The Bertz CT molecular complexity index is 622. The molecule has 106 valence electrons. The highest BCUT2D eigenvalue weighted by Gasteiger charge is 2.21. The van der Waals surface area contributed by atoms with Gasteiger partial charge in [0, 0.05) is 18.6 Å². The molecule has 0 aliphatic rings. The Kier molecular flexibility index (Phi) is 4.45. The first kappa shape index (κ1) is 15.0. The maximum absolute atomic E-state index is 13.5. The first-order valence-corrected chi connectivity index (χ1v) is 6.45. The maximum Gasteiger partial charge on any atom is 0.137 e. The summed E-state index contributed by atoms with van der Waals surface area (Å²) in [4.78, 5) is 0. The van der Waals surface area contributed by atoms with Crippen molar-refractivity contribution in [3.05, 3.63) is 69.2 Å². The van der Waals surface area contributed by atoms with E-state index >= 15 is 0 Å². The van der Waals surface area contributed by atoms with E-state index in [2.05, 4.69) is 15.9 Å². The van der Waals surface area contributed by atoms with E-state index in [1.165, 1.54) is 18.2 Å². The number of aliphatic hydroxyl groups excluding tert-OH is 1. The molecule has 2 aromatic carbocycles. The molecule has 0 bridgehead atoms. The van der Waals surface area contributed by atoms with Gasteiger partial charge in [-0.25, -0.2) is 17.6 Å². The molecule has 0 aromatic heterocycles. The minimum atomic E-state index is -1.55. The average Bonchev–Trinajstić information content (AvgIpc) is 2.33. The Morgan fingerprint density at radius 3 is 2.20 bits per heavy atom. The van der Waals surface area contributed by atoms with Crippen molar-refractivity contribution in [1.29, 1.82) is 0 Å². The van der Waals surface area contributed by atoms with Crippen molar-refractivity contribution in [1.82, 2.24) is 0 Å². The molecule has 1 N–H and O–H groups in total. The number of hydrogen-bond donors (Lipinski definition) is 1. The Balaban J connectivity index is 2.33. The van der Waals surface area contributed by atoms with E-state index in [0.29, 0.717) is 17.7 Å². The van der Waals surface area contributed by atoms with E-state index in [-0.39, 0.29) is 10.9 Å². The summed E-state index contributed by atoms with van der Waals surface area (Å²) in [7, 11) is 0. The van der Waals surface area contributed by atoms with Gasteiger partial charge in [0.15, 0.2) is 0 Å². The molecular weight excluding hydrogens is 340 g/mol. The molecule has 2 rings (SSSR count). The molecule has 0 radical (unpaired) electrons. The normalized spacial score (nSPS) is 12.5. The molecule has 0 aliphatic heterocycles. The molecule has 0 spiro atoms. The van der Waals surface area contributed by atoms with Crippen LogP contribution in [0, 0.1) is 23.3 Å². The van der Waals surface area contributed by atoms with Gasteiger partial charge in [0.2, 0.25) is 0 Å². The van der Waals surface area contributed by atoms with Crippen molar-refractivity contribution in [2.75, 3.05) is 0 Å². The number of aliphatic hydroxyl groups is 1. The summed E-state index contributed by atoms with van der Waals surface area (Å²) < 4.78 is 53.3. The SMILES string of the molecule is OC(Cc1cccc(F)c1Br)c1c(F)cc(F)cc1F. The minimum absolute atomic E-state index is 0.113. The second-order valence-corrected chi connectivity index (χ2v) is 5.01. The molecule has 0 amide bonds. The Morgan fingerprint density at radius 2 is 1.60 bits per heavy atom. The van der Waals surface area contributed by atoms with Gasteiger partial charge in [0.05, 0.1) is 16.1 Å². The van der Waals surface area contributed by atoms with Crippen LogP contribution in [0.4, 0.5) is 17.6 Å². The first-order chi connectivity index (χ1) is 9.40. The lowest BCUT2D eigenvalue weighted by Crippen LogP contribution is -2.08. The third-order valence-electron chi connectivity index (χ3n) is 2.82. The zero-order valence-corrected chi connectivity index (χ0v) is 11.6. The molecule has 0 heterocycles. The van der Waals surface area contributed by atoms with E-state index < -0.39 is 34.9 Å². The van der Waals surface area contributed by atoms with Gasteiger partial charge in [-0.05, 0) is 27.6 Å². The van der Waals surface area contributed by atoms with Gasteiger partial charge < -0.3 is 5.11 Å². The number of halogens is 5. The summed E-state index contributed by atoms with van der Waals surface area (Å²) in [5.41, 5.74) is -0.289. The van der Waals surface area contributed by atoms with Crippen molar-refractivity contribution in [3.8, 4) is 0 Å². The molecule has 1 nitrogen and oxygen atoms in total. The van der Waals surface area contributed by atoms with Crippen LogP contribution >= 0.6 is 15.9 Å². The van der Waals surface area contributed by atoms with Gasteiger partial charge in [-0.15, -0.1) is 0 Å². The highest BCUT2D eigenvalue weighted by Crippen LogP contribution is 2.28. The third kappa shape index (κ3) is 3.02. The fourth-order valence-electron chi connectivity index (χ4n) is 1.89. The van der Waals surface area contributed by atoms with E-state index in [4.69, 9.17) is 0 Å². The first-order valence-electron chi connectivity index (χ1n) is 5.65. The van der Waals surface area contributed by atoms with Gasteiger partial charge in [0.1, 0.15) is 23.3 Å². The second kappa shape index (κ2) is 5.93. The fourth-order valence-corrected chi connectivity index (χ4v) is 2.31. The molecule has 0 aliphatic carbocycles. The van der Waals surface area contributed by atoms with Crippen LogP contribution in [0.25, 0.3) is 0 Å². The molecule has 1 atom stereocenters. The van der Waals surface area contributed by atoms with E-state index in [1.807, 2.05) is 0 Å². The number of hydrogen-bond acceptors (Lipinski definition) is 1. The molecule has 0 fully saturated rings. The van der Waals surface area contributed by atoms with Crippen LogP contribution < -0.4 is 0 Å². The summed E-state index contributed by atoms with van der Waals surface area (Å²) in [5, 5.41) is 9.90. The molecule has 0 saturated carbocycles. The fraction of sp³-hybridized carbons (Fsp3) is 0.143. The van der Waals surface area contributed by atoms with E-state index in [9.17, 15) is 22.7 Å². The second-order valence-electron chi connectivity index (χ2n) is 4.22. The van der Waals surface area contributed by atoms with Gasteiger partial charge in [0.25, 0.3) is 0 Å². The highest BCUT2D eigenvalue weighted by molar-refractivity contribution is 9.10. The standard InChI is InChI=1S/C14H9BrF4O/c15-14-7(2-1-3-9(14)17)4-12(20)13-10(18)5-8(16)6-11(13)19/h1-3,5-6,12,20H,4H2. The van der Waals surface area contributed by atoms with Crippen molar-refractivity contribution in [2.24, 2.45) is 0 Å². The molecule has 0 saturated heterocycles. The molecule has 20 heavy (non-hydrogen) atoms. The lowest BCUT2D eigenvalue weighted by molar-refractivity contribution is 0.167. The summed E-state index contributed by atoms with van der Waals surface area (Å²) in [6.45, 7) is 0. The lowest BCUT2D eigenvalue weighted by Gasteiger charge is -2.14. The smallest absolute Gasteiger partial charge is 0.137 e. The average molecular weight is 349 g/mol. The van der Waals surface area contributed by atoms with Crippen molar-refractivity contribution >= 4 is 15.9 Å². The van der Waals surface area contributed by atoms with Crippen LogP contribution in [0.15, 0.2) is 34.8 Å². The quantitative estimate of drug-likeness (QED) is 0.820. The zero-order valence-electron chi connectivity index (χ0n) is 10.0. The largest absolute Gasteiger partial charge is 0.388 e. The topological polar surface area (TPSA) is 20.2 Å². The highest BCUT2D eigenvalue weighted by atomic mass is 79.9. The van der Waals surface area contributed by atoms with Crippen LogP contribution in [-0.4, -0.2) is 5.11 Å². The summed E-state index contributed by atoms with van der Waals surface area (Å²) in [6, 6.07) is 5.11. The van der Waals surface area contributed by atoms with Crippen LogP contribution in [0.3, 0.4) is 0 Å². The molecule has 2 aromatic rings. The van der Waals surface area contributed by atoms with Crippen LogP contribution in [0.1, 0.15) is 17.2 Å². The summed E-state index contributed by atoms with van der Waals surface area (Å²) in [5.74, 6) is -3.97. The molecule has 1 unspecified atom stereocenters. The monoisotopic (exact) mass is 348 g/mol. The van der Waals surface area contributed by atoms with Crippen molar-refractivity contribution in [3.63, 3.8) is 0 Å². The molecule has 6 heteroatoms. The minimum Gasteiger partial charge on any atom is -0.388 e. The third-order valence-corrected chi connectivity index (χ3v) is 3.71. The summed E-state index contributed by atoms with van der Waals surface area (Å²) in [6.07, 6.45) is -1.76. The van der Waals surface area contributed by atoms with Gasteiger partial charge in [-0.1, -0.05) is 12.1 Å². The van der Waals surface area contributed by atoms with Crippen LogP contribution in [0.2, 0.25) is 0 Å². The van der Waals surface area contributed by atoms with Gasteiger partial charge in [-0.2, -0.15) is 0 Å². The van der Waals surface area contributed by atoms with Crippen LogP contribution in [0.5, 0.6) is 0 Å². The zero-order chi connectivity index (χ0) is 14.9. The number of benzene rings is 2.